The lowest BCUT2D eigenvalue weighted by Crippen LogP contribution is -2.19. The molecule has 0 aliphatic heterocycles. The fourth-order valence-corrected chi connectivity index (χ4v) is 4.82. The Bertz CT molecular complexity index is 1270. The number of amides is 1. The molecular weight excluding hydrogens is 458 g/mol. The second-order valence-electron chi connectivity index (χ2n) is 6.14. The van der Waals surface area contributed by atoms with Gasteiger partial charge >= 0.3 is 5.97 Å². The number of anilines is 1. The molecule has 0 fully saturated rings. The van der Waals surface area contributed by atoms with Crippen LogP contribution in [0.15, 0.2) is 76.0 Å². The third-order valence-corrected chi connectivity index (χ3v) is 7.05. The fourth-order valence-electron chi connectivity index (χ4n) is 2.37. The van der Waals surface area contributed by atoms with Crippen molar-refractivity contribution in [3.8, 4) is 0 Å². The Morgan fingerprint density at radius 1 is 1.12 bits per heavy atom. The number of hydrogen-bond acceptors (Lipinski definition) is 9. The second kappa shape index (κ2) is 9.94. The normalized spacial score (nSPS) is 11.2. The summed E-state index contributed by atoms with van der Waals surface area (Å²) in [6.07, 6.45) is 3.78. The van der Waals surface area contributed by atoms with E-state index in [1.165, 1.54) is 12.2 Å². The molecule has 12 heteroatoms. The zero-order valence-corrected chi connectivity index (χ0v) is 17.8. The first-order valence-corrected chi connectivity index (χ1v) is 11.2. The van der Waals surface area contributed by atoms with Crippen molar-refractivity contribution in [1.82, 2.24) is 4.98 Å². The highest BCUT2D eigenvalue weighted by Gasteiger charge is 2.22. The molecule has 164 valence electrons. The number of sulfone groups is 1. The molecule has 1 amide bonds. The van der Waals surface area contributed by atoms with Gasteiger partial charge in [-0.1, -0.05) is 41.7 Å². The van der Waals surface area contributed by atoms with Gasteiger partial charge in [0, 0.05) is 18.2 Å². The summed E-state index contributed by atoms with van der Waals surface area (Å²) < 4.78 is 29.9. The van der Waals surface area contributed by atoms with Gasteiger partial charge in [0.25, 0.3) is 11.6 Å². The summed E-state index contributed by atoms with van der Waals surface area (Å²) in [6.45, 7) is -0.581. The van der Waals surface area contributed by atoms with E-state index in [0.29, 0.717) is 11.3 Å². The van der Waals surface area contributed by atoms with Gasteiger partial charge in [0.2, 0.25) is 9.84 Å². The summed E-state index contributed by atoms with van der Waals surface area (Å²) >= 11 is 0.696. The van der Waals surface area contributed by atoms with Crippen LogP contribution in [0.25, 0.3) is 6.08 Å². The summed E-state index contributed by atoms with van der Waals surface area (Å²) in [6, 6.07) is 13.4. The van der Waals surface area contributed by atoms with Crippen LogP contribution in [0.1, 0.15) is 5.56 Å². The molecule has 0 saturated carbocycles. The fraction of sp³-hybridized carbons (Fsp3) is 0.0500. The maximum atomic E-state index is 12.6. The van der Waals surface area contributed by atoms with Gasteiger partial charge in [-0.2, -0.15) is 0 Å². The molecular formula is C20H15N3O7S2. The molecule has 1 aromatic heterocycles. The number of ether oxygens (including phenoxy) is 1. The predicted octanol–water partition coefficient (Wildman–Crippen LogP) is 3.08. The van der Waals surface area contributed by atoms with Gasteiger partial charge in [-0.15, -0.1) is 0 Å². The number of non-ortho nitro benzene ring substituents is 1. The van der Waals surface area contributed by atoms with Gasteiger partial charge in [0.15, 0.2) is 11.7 Å². The maximum absolute atomic E-state index is 12.6. The van der Waals surface area contributed by atoms with Crippen molar-refractivity contribution in [1.29, 1.82) is 0 Å². The number of nitrogens with zero attached hydrogens (tertiary/aromatic N) is 2. The van der Waals surface area contributed by atoms with E-state index in [1.807, 2.05) is 18.2 Å². The highest BCUT2D eigenvalue weighted by atomic mass is 32.2. The average molecular weight is 473 g/mol. The number of benzene rings is 2. The molecule has 1 N–H and O–H groups in total. The minimum atomic E-state index is -3.97. The SMILES string of the molecule is O=C(COC(=O)C=Cc1ccccc1)Nc1ncc(S(=O)(=O)c2ccc([N+](=O)[O-])cc2)s1. The van der Waals surface area contributed by atoms with Crippen molar-refractivity contribution in [3.05, 3.63) is 82.5 Å². The van der Waals surface area contributed by atoms with E-state index >= 15 is 0 Å². The number of nitrogens with one attached hydrogen (secondary N) is 1. The predicted molar refractivity (Wildman–Crippen MR) is 116 cm³/mol. The van der Waals surface area contributed by atoms with Crippen molar-refractivity contribution in [2.75, 3.05) is 11.9 Å². The number of esters is 1. The smallest absolute Gasteiger partial charge is 0.331 e. The van der Waals surface area contributed by atoms with Crippen LogP contribution < -0.4 is 5.32 Å². The summed E-state index contributed by atoms with van der Waals surface area (Å²) in [5.74, 6) is -1.41. The summed E-state index contributed by atoms with van der Waals surface area (Å²) in [4.78, 5) is 37.4. The van der Waals surface area contributed by atoms with Gasteiger partial charge in [0.05, 0.1) is 16.0 Å². The highest BCUT2D eigenvalue weighted by Crippen LogP contribution is 2.29. The van der Waals surface area contributed by atoms with Crippen LogP contribution in [0, 0.1) is 10.1 Å². The van der Waals surface area contributed by atoms with E-state index in [2.05, 4.69) is 10.3 Å². The summed E-state index contributed by atoms with van der Waals surface area (Å²) in [7, 11) is -3.97. The number of carbonyl (C=O) groups is 2. The Balaban J connectivity index is 1.57. The molecule has 32 heavy (non-hydrogen) atoms. The van der Waals surface area contributed by atoms with Gasteiger partial charge < -0.3 is 4.74 Å². The van der Waals surface area contributed by atoms with Crippen LogP contribution in [0.4, 0.5) is 10.8 Å². The molecule has 0 radical (unpaired) electrons. The Hall–Kier alpha value is -3.90. The molecule has 2 aromatic carbocycles. The van der Waals surface area contributed by atoms with Crippen LogP contribution in [0.5, 0.6) is 0 Å². The van der Waals surface area contributed by atoms with Crippen LogP contribution >= 0.6 is 11.3 Å². The van der Waals surface area contributed by atoms with E-state index in [-0.39, 0.29) is 19.9 Å². The molecule has 3 aromatic rings. The Labute approximate surface area is 186 Å². The lowest BCUT2D eigenvalue weighted by Gasteiger charge is -2.02. The highest BCUT2D eigenvalue weighted by molar-refractivity contribution is 7.93. The molecule has 3 rings (SSSR count). The second-order valence-corrected chi connectivity index (χ2v) is 9.35. The Morgan fingerprint density at radius 3 is 2.47 bits per heavy atom. The monoisotopic (exact) mass is 473 g/mol. The van der Waals surface area contributed by atoms with E-state index in [4.69, 9.17) is 4.74 Å². The molecule has 0 unspecified atom stereocenters. The third kappa shape index (κ3) is 5.83. The van der Waals surface area contributed by atoms with Crippen molar-refractivity contribution in [2.45, 2.75) is 9.10 Å². The van der Waals surface area contributed by atoms with Crippen molar-refractivity contribution in [2.24, 2.45) is 0 Å². The summed E-state index contributed by atoms with van der Waals surface area (Å²) in [5, 5.41) is 13.1. The quantitative estimate of drug-likeness (QED) is 0.227. The zero-order valence-electron chi connectivity index (χ0n) is 16.2. The van der Waals surface area contributed by atoms with Crippen LogP contribution in [-0.4, -0.2) is 36.8 Å². The third-order valence-electron chi connectivity index (χ3n) is 3.91. The molecule has 1 heterocycles. The van der Waals surface area contributed by atoms with Gasteiger partial charge in [-0.25, -0.2) is 18.2 Å². The number of nitro benzene ring substituents is 1. The molecule has 0 aliphatic carbocycles. The molecule has 0 saturated heterocycles. The number of aromatic nitrogens is 1. The van der Waals surface area contributed by atoms with E-state index < -0.39 is 33.2 Å². The zero-order chi connectivity index (χ0) is 23.1. The standard InChI is InChI=1S/C20H15N3O7S2/c24-17(13-30-18(25)11-6-14-4-2-1-3-5-14)22-20-21-12-19(31-20)32(28,29)16-9-7-15(8-10-16)23(26)27/h1-12H,13H2,(H,21,22,24). The van der Waals surface area contributed by atoms with Gasteiger partial charge in [-0.05, 0) is 23.8 Å². The Kier molecular flexibility index (Phi) is 7.07. The largest absolute Gasteiger partial charge is 0.452 e. The topological polar surface area (TPSA) is 146 Å². The number of nitro groups is 1. The number of thiazole rings is 1. The lowest BCUT2D eigenvalue weighted by molar-refractivity contribution is -0.384. The molecule has 10 nitrogen and oxygen atoms in total. The van der Waals surface area contributed by atoms with E-state index in [0.717, 1.165) is 36.0 Å². The minimum absolute atomic E-state index is 0.00800. The first-order chi connectivity index (χ1) is 15.3. The summed E-state index contributed by atoms with van der Waals surface area (Å²) in [5.41, 5.74) is 0.549. The molecule has 0 spiro atoms. The minimum Gasteiger partial charge on any atom is -0.452 e. The van der Waals surface area contributed by atoms with Crippen molar-refractivity contribution < 1.29 is 27.7 Å². The maximum Gasteiger partial charge on any atom is 0.331 e. The van der Waals surface area contributed by atoms with E-state index in [9.17, 15) is 28.1 Å². The number of hydrogen-bond donors (Lipinski definition) is 1. The first kappa shape index (κ1) is 22.8. The number of rotatable bonds is 8. The van der Waals surface area contributed by atoms with Crippen molar-refractivity contribution >= 4 is 49.9 Å². The van der Waals surface area contributed by atoms with Gasteiger partial charge in [0.1, 0.15) is 4.21 Å². The van der Waals surface area contributed by atoms with Crippen molar-refractivity contribution in [3.63, 3.8) is 0 Å². The van der Waals surface area contributed by atoms with Crippen LogP contribution in [0.3, 0.4) is 0 Å². The molecule has 0 bridgehead atoms. The first-order valence-electron chi connectivity index (χ1n) is 8.91. The Morgan fingerprint density at radius 2 is 1.81 bits per heavy atom. The molecule has 0 aliphatic rings. The van der Waals surface area contributed by atoms with E-state index in [1.54, 1.807) is 12.1 Å². The number of carbonyl (C=O) groups excluding carboxylic acids is 2. The average Bonchev–Trinajstić information content (AvgIpc) is 3.26. The van der Waals surface area contributed by atoms with Crippen LogP contribution in [0.2, 0.25) is 0 Å². The van der Waals surface area contributed by atoms with Gasteiger partial charge in [-0.3, -0.25) is 20.2 Å². The molecule has 0 atom stereocenters. The van der Waals surface area contributed by atoms with Crippen LogP contribution in [-0.2, 0) is 24.2 Å². The lowest BCUT2D eigenvalue weighted by atomic mass is 10.2.